The number of hydrogen-bond donors (Lipinski definition) is 4. The van der Waals surface area contributed by atoms with Gasteiger partial charge >= 0.3 is 0 Å². The maximum Gasteiger partial charge on any atom is 0.231 e. The van der Waals surface area contributed by atoms with Crippen LogP contribution in [0, 0.1) is 11.3 Å². The first-order valence-electron chi connectivity index (χ1n) is 8.97. The Hall–Kier alpha value is -2.64. The first kappa shape index (κ1) is 19.1. The van der Waals surface area contributed by atoms with Crippen molar-refractivity contribution in [2.45, 2.75) is 19.1 Å². The number of nitrogens with one attached hydrogen (secondary N) is 2. The van der Waals surface area contributed by atoms with E-state index in [0.29, 0.717) is 36.1 Å². The van der Waals surface area contributed by atoms with Crippen LogP contribution in [-0.2, 0) is 4.79 Å². The number of phenolic OH excluding ortho intramolecular Hbond substituents is 1. The number of piperidine rings is 1. The summed E-state index contributed by atoms with van der Waals surface area (Å²) in [5.41, 5.74) is 0.410. The van der Waals surface area contributed by atoms with Crippen LogP contribution in [0.2, 0.25) is 0 Å². The lowest BCUT2D eigenvalue weighted by molar-refractivity contribution is -0.129. The SMILES string of the molecule is CN(C)CCOc1ccc2c(C(=N)C3CCC(O)NC3=O)c(O)ccc2c1. The number of benzene rings is 2. The number of phenols is 1. The molecule has 1 amide bonds. The van der Waals surface area contributed by atoms with Gasteiger partial charge in [-0.25, -0.2) is 0 Å². The Morgan fingerprint density at radius 1 is 1.30 bits per heavy atom. The number of nitrogens with zero attached hydrogens (tertiary/aromatic N) is 1. The molecule has 2 atom stereocenters. The predicted octanol–water partition coefficient (Wildman–Crippen LogP) is 1.70. The fourth-order valence-electron chi connectivity index (χ4n) is 3.26. The van der Waals surface area contributed by atoms with Crippen molar-refractivity contribution in [1.82, 2.24) is 10.2 Å². The van der Waals surface area contributed by atoms with Gasteiger partial charge in [0.25, 0.3) is 0 Å². The summed E-state index contributed by atoms with van der Waals surface area (Å²) in [5.74, 6) is -0.404. The Kier molecular flexibility index (Phi) is 5.62. The molecule has 0 bridgehead atoms. The maximum atomic E-state index is 12.2. The van der Waals surface area contributed by atoms with E-state index >= 15 is 0 Å². The van der Waals surface area contributed by atoms with Crippen LogP contribution in [0.1, 0.15) is 18.4 Å². The van der Waals surface area contributed by atoms with E-state index in [9.17, 15) is 15.0 Å². The molecule has 1 aliphatic rings. The summed E-state index contributed by atoms with van der Waals surface area (Å²) in [6.07, 6.45) is -0.119. The number of carbonyl (C=O) groups is 1. The number of aliphatic hydroxyl groups is 1. The molecule has 0 aromatic heterocycles. The van der Waals surface area contributed by atoms with Gasteiger partial charge in [-0.15, -0.1) is 0 Å². The average Bonchev–Trinajstić information content (AvgIpc) is 2.61. The zero-order valence-corrected chi connectivity index (χ0v) is 15.5. The molecule has 4 N–H and O–H groups in total. The van der Waals surface area contributed by atoms with Gasteiger partial charge in [0.2, 0.25) is 5.91 Å². The van der Waals surface area contributed by atoms with Crippen molar-refractivity contribution in [2.75, 3.05) is 27.2 Å². The smallest absolute Gasteiger partial charge is 0.231 e. The molecule has 2 aromatic rings. The topological polar surface area (TPSA) is 106 Å². The molecule has 1 heterocycles. The van der Waals surface area contributed by atoms with Gasteiger partial charge in [-0.05, 0) is 62.0 Å². The Labute approximate surface area is 158 Å². The van der Waals surface area contributed by atoms with E-state index in [2.05, 4.69) is 5.32 Å². The highest BCUT2D eigenvalue weighted by molar-refractivity contribution is 6.19. The molecule has 1 saturated heterocycles. The van der Waals surface area contributed by atoms with Crippen molar-refractivity contribution in [3.63, 3.8) is 0 Å². The predicted molar refractivity (Wildman–Crippen MR) is 103 cm³/mol. The fourth-order valence-corrected chi connectivity index (χ4v) is 3.26. The number of likely N-dealkylation sites (N-methyl/N-ethyl adjacent to an activating group) is 1. The van der Waals surface area contributed by atoms with E-state index in [1.54, 1.807) is 18.2 Å². The zero-order chi connectivity index (χ0) is 19.6. The minimum absolute atomic E-state index is 0.0345. The van der Waals surface area contributed by atoms with Crippen LogP contribution in [0.25, 0.3) is 10.8 Å². The molecule has 0 spiro atoms. The molecule has 1 fully saturated rings. The third kappa shape index (κ3) is 4.20. The van der Waals surface area contributed by atoms with Crippen molar-refractivity contribution in [3.8, 4) is 11.5 Å². The van der Waals surface area contributed by atoms with Gasteiger partial charge in [0.05, 0.1) is 11.6 Å². The third-order valence-corrected chi connectivity index (χ3v) is 4.75. The van der Waals surface area contributed by atoms with E-state index in [-0.39, 0.29) is 11.5 Å². The van der Waals surface area contributed by atoms with Crippen molar-refractivity contribution < 1.29 is 19.7 Å². The Bertz CT molecular complexity index is 866. The lowest BCUT2D eigenvalue weighted by atomic mass is 9.86. The quantitative estimate of drug-likeness (QED) is 0.579. The summed E-state index contributed by atoms with van der Waals surface area (Å²) in [4.78, 5) is 14.2. The number of aliphatic hydroxyl groups excluding tert-OH is 1. The number of rotatable bonds is 6. The first-order valence-corrected chi connectivity index (χ1v) is 8.97. The zero-order valence-electron chi connectivity index (χ0n) is 15.5. The first-order chi connectivity index (χ1) is 12.9. The number of ether oxygens (including phenoxy) is 1. The van der Waals surface area contributed by atoms with E-state index in [1.807, 2.05) is 25.1 Å². The van der Waals surface area contributed by atoms with E-state index in [1.165, 1.54) is 6.07 Å². The minimum atomic E-state index is -0.871. The molecule has 3 rings (SSSR count). The number of carbonyl (C=O) groups excluding carboxylic acids is 1. The molecule has 144 valence electrons. The molecule has 1 aliphatic heterocycles. The van der Waals surface area contributed by atoms with Gasteiger partial charge in [0, 0.05) is 12.1 Å². The lowest BCUT2D eigenvalue weighted by Crippen LogP contribution is -2.46. The third-order valence-electron chi connectivity index (χ3n) is 4.75. The summed E-state index contributed by atoms with van der Waals surface area (Å²) in [6, 6.07) is 8.78. The van der Waals surface area contributed by atoms with Gasteiger partial charge in [0.15, 0.2) is 0 Å². The van der Waals surface area contributed by atoms with E-state index < -0.39 is 18.1 Å². The minimum Gasteiger partial charge on any atom is -0.507 e. The second kappa shape index (κ2) is 7.94. The van der Waals surface area contributed by atoms with Crippen molar-refractivity contribution in [3.05, 3.63) is 35.9 Å². The highest BCUT2D eigenvalue weighted by Gasteiger charge is 2.32. The second-order valence-electron chi connectivity index (χ2n) is 7.06. The highest BCUT2D eigenvalue weighted by Crippen LogP contribution is 2.33. The molecule has 2 unspecified atom stereocenters. The van der Waals surface area contributed by atoms with Crippen LogP contribution >= 0.6 is 0 Å². The second-order valence-corrected chi connectivity index (χ2v) is 7.06. The molecular formula is C20H25N3O4. The van der Waals surface area contributed by atoms with Crippen molar-refractivity contribution >= 4 is 22.4 Å². The molecule has 0 aliphatic carbocycles. The normalized spacial score (nSPS) is 19.9. The van der Waals surface area contributed by atoms with Crippen LogP contribution in [0.15, 0.2) is 30.3 Å². The summed E-state index contributed by atoms with van der Waals surface area (Å²) in [6.45, 7) is 1.36. The van der Waals surface area contributed by atoms with E-state index in [4.69, 9.17) is 10.1 Å². The van der Waals surface area contributed by atoms with Crippen LogP contribution in [0.3, 0.4) is 0 Å². The molecule has 27 heavy (non-hydrogen) atoms. The standard InChI is InChI=1S/C20H25N3O4/c1-23(2)9-10-27-13-4-5-14-12(11-13)3-7-16(24)18(14)19(21)15-6-8-17(25)22-20(15)26/h3-5,7,11,15,17,21,24-25H,6,8-10H2,1-2H3,(H,22,26). The number of fused-ring (bicyclic) bond motifs is 1. The molecule has 2 aromatic carbocycles. The summed E-state index contributed by atoms with van der Waals surface area (Å²) >= 11 is 0. The van der Waals surface area contributed by atoms with E-state index in [0.717, 1.165) is 11.9 Å². The van der Waals surface area contributed by atoms with Crippen LogP contribution < -0.4 is 10.1 Å². The Balaban J connectivity index is 1.89. The van der Waals surface area contributed by atoms with Gasteiger partial charge in [0.1, 0.15) is 24.3 Å². The van der Waals surface area contributed by atoms with Crippen molar-refractivity contribution in [2.24, 2.45) is 5.92 Å². The molecule has 0 saturated carbocycles. The molecular weight excluding hydrogens is 346 g/mol. The van der Waals surface area contributed by atoms with Gasteiger partial charge in [-0.3, -0.25) is 4.79 Å². The van der Waals surface area contributed by atoms with Gasteiger partial charge in [-0.1, -0.05) is 6.07 Å². The molecule has 0 radical (unpaired) electrons. The average molecular weight is 371 g/mol. The summed E-state index contributed by atoms with van der Waals surface area (Å²) in [7, 11) is 3.95. The Morgan fingerprint density at radius 2 is 2.07 bits per heavy atom. The fraction of sp³-hybridized carbons (Fsp3) is 0.400. The highest BCUT2D eigenvalue weighted by atomic mass is 16.5. The van der Waals surface area contributed by atoms with Crippen LogP contribution in [0.4, 0.5) is 0 Å². The van der Waals surface area contributed by atoms with Gasteiger partial charge in [-0.2, -0.15) is 0 Å². The van der Waals surface area contributed by atoms with Gasteiger partial charge < -0.3 is 30.6 Å². The van der Waals surface area contributed by atoms with Crippen LogP contribution in [-0.4, -0.2) is 60.2 Å². The lowest BCUT2D eigenvalue weighted by Gasteiger charge is -2.27. The molecule has 7 heteroatoms. The summed E-state index contributed by atoms with van der Waals surface area (Å²) in [5, 5.41) is 32.4. The van der Waals surface area contributed by atoms with Crippen molar-refractivity contribution in [1.29, 1.82) is 5.41 Å². The number of amides is 1. The monoisotopic (exact) mass is 371 g/mol. The summed E-state index contributed by atoms with van der Waals surface area (Å²) < 4.78 is 5.75. The number of hydrogen-bond acceptors (Lipinski definition) is 6. The maximum absolute atomic E-state index is 12.2. The molecule has 7 nitrogen and oxygen atoms in total. The van der Waals surface area contributed by atoms with Crippen LogP contribution in [0.5, 0.6) is 11.5 Å². The number of aromatic hydroxyl groups is 1. The largest absolute Gasteiger partial charge is 0.507 e. The Morgan fingerprint density at radius 3 is 2.78 bits per heavy atom.